The van der Waals surface area contributed by atoms with E-state index in [1.54, 1.807) is 12.1 Å². The lowest BCUT2D eigenvalue weighted by Crippen LogP contribution is -2.42. The van der Waals surface area contributed by atoms with Crippen molar-refractivity contribution in [2.75, 3.05) is 0 Å². The summed E-state index contributed by atoms with van der Waals surface area (Å²) < 4.78 is 56.3. The Morgan fingerprint density at radius 3 is 2.42 bits per heavy atom. The van der Waals surface area contributed by atoms with Gasteiger partial charge in [0.1, 0.15) is 11.5 Å². The average molecular weight is 432 g/mol. The topological polar surface area (TPSA) is 55.4 Å². The number of benzene rings is 1. The number of aromatic nitrogens is 4. The SMILES string of the molecule is CCC(O)(c1cn(Cc2ccn3c(-c4ccc(F)cc4)c(C)cc3c2)nn1)C(F)(F)F. The maximum atomic E-state index is 13.3. The molecule has 0 spiro atoms. The Morgan fingerprint density at radius 1 is 1.06 bits per heavy atom. The van der Waals surface area contributed by atoms with E-state index in [0.29, 0.717) is 0 Å². The second-order valence-corrected chi connectivity index (χ2v) is 7.53. The van der Waals surface area contributed by atoms with Crippen molar-refractivity contribution < 1.29 is 22.7 Å². The fourth-order valence-corrected chi connectivity index (χ4v) is 3.71. The van der Waals surface area contributed by atoms with E-state index in [0.717, 1.165) is 34.1 Å². The van der Waals surface area contributed by atoms with E-state index in [1.807, 2.05) is 35.7 Å². The van der Waals surface area contributed by atoms with Gasteiger partial charge in [0, 0.05) is 11.7 Å². The molecule has 0 radical (unpaired) electrons. The number of alkyl halides is 3. The van der Waals surface area contributed by atoms with Gasteiger partial charge in [0.25, 0.3) is 0 Å². The highest BCUT2D eigenvalue weighted by Crippen LogP contribution is 2.40. The molecule has 0 fully saturated rings. The molecule has 1 unspecified atom stereocenters. The van der Waals surface area contributed by atoms with Gasteiger partial charge in [0.05, 0.1) is 18.4 Å². The number of hydrogen-bond donors (Lipinski definition) is 1. The Labute approximate surface area is 175 Å². The van der Waals surface area contributed by atoms with Crippen molar-refractivity contribution in [2.24, 2.45) is 0 Å². The fraction of sp³-hybridized carbons (Fsp3) is 0.273. The van der Waals surface area contributed by atoms with E-state index in [4.69, 9.17) is 0 Å². The molecule has 0 bridgehead atoms. The van der Waals surface area contributed by atoms with E-state index >= 15 is 0 Å². The highest BCUT2D eigenvalue weighted by Gasteiger charge is 2.55. The van der Waals surface area contributed by atoms with Crippen molar-refractivity contribution in [3.8, 4) is 11.3 Å². The van der Waals surface area contributed by atoms with Crippen LogP contribution in [-0.2, 0) is 12.1 Å². The average Bonchev–Trinajstić information content (AvgIpc) is 3.31. The van der Waals surface area contributed by atoms with Crippen LogP contribution in [-0.4, -0.2) is 30.7 Å². The number of pyridine rings is 1. The van der Waals surface area contributed by atoms with Crippen LogP contribution in [0.2, 0.25) is 0 Å². The number of aryl methyl sites for hydroxylation is 1. The van der Waals surface area contributed by atoms with Gasteiger partial charge in [-0.15, -0.1) is 5.10 Å². The Morgan fingerprint density at radius 2 is 1.77 bits per heavy atom. The van der Waals surface area contributed by atoms with E-state index < -0.39 is 23.9 Å². The van der Waals surface area contributed by atoms with Crippen molar-refractivity contribution in [1.82, 2.24) is 19.4 Å². The van der Waals surface area contributed by atoms with Crippen LogP contribution in [0, 0.1) is 12.7 Å². The molecule has 31 heavy (non-hydrogen) atoms. The summed E-state index contributed by atoms with van der Waals surface area (Å²) in [6, 6.07) is 11.9. The third-order valence-corrected chi connectivity index (χ3v) is 5.43. The number of halogens is 4. The minimum atomic E-state index is -4.85. The molecule has 5 nitrogen and oxygen atoms in total. The smallest absolute Gasteiger partial charge is 0.375 e. The van der Waals surface area contributed by atoms with Gasteiger partial charge in [-0.2, -0.15) is 13.2 Å². The predicted octanol–water partition coefficient (Wildman–Crippen LogP) is 4.85. The summed E-state index contributed by atoms with van der Waals surface area (Å²) in [6.07, 6.45) is -2.43. The van der Waals surface area contributed by atoms with Crippen LogP contribution < -0.4 is 0 Å². The zero-order valence-electron chi connectivity index (χ0n) is 16.9. The van der Waals surface area contributed by atoms with E-state index in [1.165, 1.54) is 23.7 Å². The Hall–Kier alpha value is -3.20. The number of fused-ring (bicyclic) bond motifs is 1. The van der Waals surface area contributed by atoms with E-state index in [-0.39, 0.29) is 12.4 Å². The molecule has 0 saturated heterocycles. The molecule has 162 valence electrons. The van der Waals surface area contributed by atoms with E-state index in [2.05, 4.69) is 10.3 Å². The van der Waals surface area contributed by atoms with Gasteiger partial charge in [-0.05, 0) is 72.5 Å². The summed E-state index contributed by atoms with van der Waals surface area (Å²) in [5.41, 5.74) is 0.943. The van der Waals surface area contributed by atoms with Crippen LogP contribution in [0.4, 0.5) is 17.6 Å². The number of rotatable bonds is 5. The molecule has 0 aliphatic rings. The molecule has 1 N–H and O–H groups in total. The molecule has 0 aliphatic carbocycles. The first-order valence-corrected chi connectivity index (χ1v) is 9.68. The van der Waals surface area contributed by atoms with Crippen LogP contribution in [0.3, 0.4) is 0 Å². The minimum absolute atomic E-state index is 0.192. The molecular formula is C22H20F4N4O. The standard InChI is InChI=1S/C22H20F4N4O/c1-3-21(31,22(24,25)26)19-13-29(28-27-19)12-15-8-9-30-18(11-15)10-14(2)20(30)16-4-6-17(23)7-5-16/h4-11,13,31H,3,12H2,1-2H3. The van der Waals surface area contributed by atoms with Gasteiger partial charge in [-0.25, -0.2) is 9.07 Å². The normalized spacial score (nSPS) is 14.2. The van der Waals surface area contributed by atoms with Gasteiger partial charge in [-0.1, -0.05) is 12.1 Å². The predicted molar refractivity (Wildman–Crippen MR) is 107 cm³/mol. The molecule has 1 atom stereocenters. The molecule has 3 aromatic heterocycles. The van der Waals surface area contributed by atoms with Crippen molar-refractivity contribution in [3.63, 3.8) is 0 Å². The Balaban J connectivity index is 1.64. The second-order valence-electron chi connectivity index (χ2n) is 7.53. The molecule has 9 heteroatoms. The van der Waals surface area contributed by atoms with Gasteiger partial charge < -0.3 is 9.51 Å². The van der Waals surface area contributed by atoms with E-state index in [9.17, 15) is 22.7 Å². The molecule has 1 aromatic carbocycles. The number of aliphatic hydroxyl groups is 1. The summed E-state index contributed by atoms with van der Waals surface area (Å²) >= 11 is 0. The van der Waals surface area contributed by atoms with Crippen LogP contribution >= 0.6 is 0 Å². The van der Waals surface area contributed by atoms with Crippen molar-refractivity contribution in [2.45, 2.75) is 38.6 Å². The van der Waals surface area contributed by atoms with Crippen molar-refractivity contribution in [1.29, 1.82) is 0 Å². The van der Waals surface area contributed by atoms with Gasteiger partial charge >= 0.3 is 6.18 Å². The molecule has 0 amide bonds. The first-order valence-electron chi connectivity index (χ1n) is 9.68. The quantitative estimate of drug-likeness (QED) is 0.459. The zero-order valence-corrected chi connectivity index (χ0v) is 16.9. The second kappa shape index (κ2) is 7.49. The van der Waals surface area contributed by atoms with Crippen LogP contribution in [0.1, 0.15) is 30.2 Å². The molecule has 4 rings (SSSR count). The monoisotopic (exact) mass is 432 g/mol. The highest BCUT2D eigenvalue weighted by molar-refractivity contribution is 5.71. The first-order chi connectivity index (χ1) is 14.6. The van der Waals surface area contributed by atoms with Crippen LogP contribution in [0.15, 0.2) is 54.9 Å². The molecule has 0 aliphatic heterocycles. The summed E-state index contributed by atoms with van der Waals surface area (Å²) in [4.78, 5) is 0. The largest absolute Gasteiger partial charge is 0.423 e. The van der Waals surface area contributed by atoms with Crippen molar-refractivity contribution in [3.05, 3.63) is 77.5 Å². The summed E-state index contributed by atoms with van der Waals surface area (Å²) in [5, 5.41) is 17.4. The summed E-state index contributed by atoms with van der Waals surface area (Å²) in [6.45, 7) is 3.39. The van der Waals surface area contributed by atoms with Gasteiger partial charge in [0.2, 0.25) is 5.60 Å². The third kappa shape index (κ3) is 3.69. The van der Waals surface area contributed by atoms with Crippen molar-refractivity contribution >= 4 is 5.52 Å². The maximum Gasteiger partial charge on any atom is 0.423 e. The maximum absolute atomic E-state index is 13.3. The van der Waals surface area contributed by atoms with Gasteiger partial charge in [0.15, 0.2) is 0 Å². The molecular weight excluding hydrogens is 412 g/mol. The number of hydrogen-bond acceptors (Lipinski definition) is 3. The lowest BCUT2D eigenvalue weighted by molar-refractivity contribution is -0.269. The third-order valence-electron chi connectivity index (χ3n) is 5.43. The molecule has 4 aromatic rings. The minimum Gasteiger partial charge on any atom is -0.375 e. The zero-order chi connectivity index (χ0) is 22.4. The lowest BCUT2D eigenvalue weighted by atomic mass is 9.96. The number of nitrogens with zero attached hydrogens (tertiary/aromatic N) is 4. The van der Waals surface area contributed by atoms with Crippen LogP contribution in [0.5, 0.6) is 0 Å². The fourth-order valence-electron chi connectivity index (χ4n) is 3.71. The highest BCUT2D eigenvalue weighted by atomic mass is 19.4. The van der Waals surface area contributed by atoms with Gasteiger partial charge in [-0.3, -0.25) is 0 Å². The lowest BCUT2D eigenvalue weighted by Gasteiger charge is -2.26. The van der Waals surface area contributed by atoms with Crippen LogP contribution in [0.25, 0.3) is 16.8 Å². The molecule has 3 heterocycles. The molecule has 0 saturated carbocycles. The Bertz CT molecular complexity index is 1230. The first kappa shape index (κ1) is 21.0. The summed E-state index contributed by atoms with van der Waals surface area (Å²) in [7, 11) is 0. The Kier molecular flexibility index (Phi) is 5.09. The summed E-state index contributed by atoms with van der Waals surface area (Å²) in [5.74, 6) is -0.308.